The number of urea groups is 1. The van der Waals surface area contributed by atoms with Crippen LogP contribution in [0.4, 0.5) is 14.9 Å². The molecule has 24 heavy (non-hydrogen) atoms. The number of likely N-dealkylation sites (tertiary alicyclic amines) is 1. The van der Waals surface area contributed by atoms with E-state index in [9.17, 15) is 9.18 Å². The second kappa shape index (κ2) is 7.13. The number of hydrogen-bond acceptors (Lipinski definition) is 3. The molecule has 1 aromatic carbocycles. The summed E-state index contributed by atoms with van der Waals surface area (Å²) in [5.74, 6) is -0.386. The first kappa shape index (κ1) is 16.0. The van der Waals surface area contributed by atoms with Gasteiger partial charge in [0.1, 0.15) is 5.82 Å². The summed E-state index contributed by atoms with van der Waals surface area (Å²) in [6.07, 6.45) is 4.86. The highest BCUT2D eigenvalue weighted by Crippen LogP contribution is 2.17. The lowest BCUT2D eigenvalue weighted by Gasteiger charge is -2.29. The lowest BCUT2D eigenvalue weighted by atomic mass is 10.0. The maximum absolute atomic E-state index is 13.7. The minimum atomic E-state index is -0.283. The van der Waals surface area contributed by atoms with Crippen LogP contribution in [0.3, 0.4) is 0 Å². The van der Waals surface area contributed by atoms with Crippen LogP contribution in [0.5, 0.6) is 0 Å². The molecule has 3 rings (SSSR count). The molecule has 1 atom stereocenters. The van der Waals surface area contributed by atoms with Gasteiger partial charge in [0, 0.05) is 24.8 Å². The second-order valence-electron chi connectivity index (χ2n) is 5.86. The molecule has 0 aliphatic carbocycles. The second-order valence-corrected chi connectivity index (χ2v) is 5.86. The van der Waals surface area contributed by atoms with Crippen LogP contribution >= 0.6 is 0 Å². The summed E-state index contributed by atoms with van der Waals surface area (Å²) in [4.78, 5) is 13.9. The van der Waals surface area contributed by atoms with Crippen molar-refractivity contribution >= 4 is 11.7 Å². The number of carbonyl (C=O) groups is 1. The predicted octanol–water partition coefficient (Wildman–Crippen LogP) is 2.84. The molecule has 1 aliphatic heterocycles. The highest BCUT2D eigenvalue weighted by atomic mass is 19.1. The van der Waals surface area contributed by atoms with Gasteiger partial charge >= 0.3 is 6.03 Å². The Hall–Kier alpha value is -2.88. The number of piperidine rings is 1. The van der Waals surface area contributed by atoms with Gasteiger partial charge in [-0.05, 0) is 18.9 Å². The number of hydrogen-bond donors (Lipinski definition) is 1. The molecule has 124 valence electrons. The largest absolute Gasteiger partial charge is 0.323 e. The minimum Gasteiger partial charge on any atom is -0.323 e. The zero-order valence-corrected chi connectivity index (χ0v) is 13.2. The number of halogens is 1. The number of anilines is 1. The predicted molar refractivity (Wildman–Crippen MR) is 86.7 cm³/mol. The highest BCUT2D eigenvalue weighted by Gasteiger charge is 2.23. The van der Waals surface area contributed by atoms with Crippen LogP contribution in [-0.2, 0) is 6.54 Å². The topological polar surface area (TPSA) is 74.0 Å². The number of nitrogens with zero attached hydrogens (tertiary/aromatic N) is 4. The maximum Gasteiger partial charge on any atom is 0.321 e. The first-order chi connectivity index (χ1) is 11.7. The molecule has 0 bridgehead atoms. The van der Waals surface area contributed by atoms with Gasteiger partial charge in [-0.2, -0.15) is 10.4 Å². The first-order valence-electron chi connectivity index (χ1n) is 7.87. The molecule has 2 aromatic rings. The molecular formula is C17H18FN5O. The number of carbonyl (C=O) groups excluding carboxylic acids is 1. The molecule has 1 saturated heterocycles. The van der Waals surface area contributed by atoms with E-state index in [4.69, 9.17) is 5.26 Å². The van der Waals surface area contributed by atoms with Crippen LogP contribution in [0.25, 0.3) is 0 Å². The lowest BCUT2D eigenvalue weighted by Crippen LogP contribution is -2.41. The normalized spacial score (nSPS) is 17.3. The molecule has 6 nitrogen and oxygen atoms in total. The van der Waals surface area contributed by atoms with Crippen LogP contribution < -0.4 is 5.32 Å². The molecule has 1 fully saturated rings. The lowest BCUT2D eigenvalue weighted by molar-refractivity contribution is 0.189. The van der Waals surface area contributed by atoms with Crippen molar-refractivity contribution in [3.05, 3.63) is 48.0 Å². The Morgan fingerprint density at radius 2 is 2.29 bits per heavy atom. The van der Waals surface area contributed by atoms with E-state index in [1.54, 1.807) is 34.0 Å². The van der Waals surface area contributed by atoms with Crippen molar-refractivity contribution in [3.63, 3.8) is 0 Å². The van der Waals surface area contributed by atoms with E-state index in [1.165, 1.54) is 12.3 Å². The fourth-order valence-electron chi connectivity index (χ4n) is 2.79. The minimum absolute atomic E-state index is 0.103. The summed E-state index contributed by atoms with van der Waals surface area (Å²) in [6, 6.07) is 8.50. The highest BCUT2D eigenvalue weighted by molar-refractivity contribution is 5.89. The Kier molecular flexibility index (Phi) is 4.75. The Morgan fingerprint density at radius 3 is 3.08 bits per heavy atom. The van der Waals surface area contributed by atoms with Crippen molar-refractivity contribution in [2.75, 3.05) is 18.4 Å². The van der Waals surface area contributed by atoms with Gasteiger partial charge in [0.15, 0.2) is 0 Å². The fraction of sp³-hybridized carbons (Fsp3) is 0.353. The quantitative estimate of drug-likeness (QED) is 0.942. The van der Waals surface area contributed by atoms with Gasteiger partial charge in [-0.1, -0.05) is 18.2 Å². The van der Waals surface area contributed by atoms with Gasteiger partial charge in [-0.15, -0.1) is 0 Å². The third kappa shape index (κ3) is 3.71. The van der Waals surface area contributed by atoms with Gasteiger partial charge in [0.25, 0.3) is 0 Å². The molecule has 0 saturated carbocycles. The molecule has 0 radical (unpaired) electrons. The Balaban J connectivity index is 1.61. The standard InChI is InChI=1S/C17H18FN5O/c18-16-6-2-1-5-14(16)11-23-12-15(9-20-23)21-17(24)22-7-3-4-13(8-19)10-22/h1-2,5-6,9,12-13H,3-4,7,10-11H2,(H,21,24)/t13-/m0/s1. The Labute approximate surface area is 139 Å². The molecule has 1 aromatic heterocycles. The number of aromatic nitrogens is 2. The summed E-state index contributed by atoms with van der Waals surface area (Å²) < 4.78 is 15.2. The van der Waals surface area contributed by atoms with Crippen LogP contribution in [-0.4, -0.2) is 33.8 Å². The van der Waals surface area contributed by atoms with Crippen molar-refractivity contribution in [1.29, 1.82) is 5.26 Å². The van der Waals surface area contributed by atoms with Crippen molar-refractivity contribution in [2.45, 2.75) is 19.4 Å². The summed E-state index contributed by atoms with van der Waals surface area (Å²) in [5.41, 5.74) is 1.08. The van der Waals surface area contributed by atoms with Gasteiger partial charge < -0.3 is 10.2 Å². The zero-order valence-electron chi connectivity index (χ0n) is 13.2. The molecule has 2 amide bonds. The number of rotatable bonds is 3. The van der Waals surface area contributed by atoms with Crippen LogP contribution in [0.1, 0.15) is 18.4 Å². The number of amides is 2. The van der Waals surface area contributed by atoms with Gasteiger partial charge in [-0.25, -0.2) is 9.18 Å². The molecule has 1 aliphatic rings. The monoisotopic (exact) mass is 327 g/mol. The van der Waals surface area contributed by atoms with E-state index in [0.29, 0.717) is 30.9 Å². The molecule has 0 spiro atoms. The summed E-state index contributed by atoms with van der Waals surface area (Å²) in [7, 11) is 0. The smallest absolute Gasteiger partial charge is 0.321 e. The summed E-state index contributed by atoms with van der Waals surface area (Å²) in [6.45, 7) is 1.39. The van der Waals surface area contributed by atoms with Crippen LogP contribution in [0, 0.1) is 23.1 Å². The average molecular weight is 327 g/mol. The molecule has 1 N–H and O–H groups in total. The zero-order chi connectivity index (χ0) is 16.9. The van der Waals surface area contributed by atoms with Gasteiger partial charge in [0.2, 0.25) is 0 Å². The number of nitriles is 1. The molecule has 2 heterocycles. The van der Waals surface area contributed by atoms with Crippen molar-refractivity contribution in [3.8, 4) is 6.07 Å². The number of nitrogens with one attached hydrogen (secondary N) is 1. The van der Waals surface area contributed by atoms with Gasteiger partial charge in [0.05, 0.1) is 30.4 Å². The Bertz CT molecular complexity index is 766. The van der Waals surface area contributed by atoms with Crippen LogP contribution in [0.2, 0.25) is 0 Å². The van der Waals surface area contributed by atoms with Crippen molar-refractivity contribution in [2.24, 2.45) is 5.92 Å². The van der Waals surface area contributed by atoms with Gasteiger partial charge in [-0.3, -0.25) is 4.68 Å². The molecule has 0 unspecified atom stereocenters. The summed E-state index contributed by atoms with van der Waals surface area (Å²) >= 11 is 0. The van der Waals surface area contributed by atoms with E-state index in [1.807, 2.05) is 0 Å². The van der Waals surface area contributed by atoms with E-state index in [0.717, 1.165) is 12.8 Å². The third-order valence-corrected chi connectivity index (χ3v) is 4.07. The first-order valence-corrected chi connectivity index (χ1v) is 7.87. The number of benzene rings is 1. The van der Waals surface area contributed by atoms with Crippen molar-refractivity contribution < 1.29 is 9.18 Å². The van der Waals surface area contributed by atoms with Crippen molar-refractivity contribution in [1.82, 2.24) is 14.7 Å². The molecular weight excluding hydrogens is 309 g/mol. The average Bonchev–Trinajstić information content (AvgIpc) is 3.04. The maximum atomic E-state index is 13.7. The third-order valence-electron chi connectivity index (χ3n) is 4.07. The Morgan fingerprint density at radius 1 is 1.46 bits per heavy atom. The SMILES string of the molecule is N#C[C@@H]1CCCN(C(=O)Nc2cnn(Cc3ccccc3F)c2)C1. The van der Waals surface area contributed by atoms with E-state index in [-0.39, 0.29) is 17.8 Å². The molecule has 7 heteroatoms. The van der Waals surface area contributed by atoms with Crippen LogP contribution in [0.15, 0.2) is 36.7 Å². The fourth-order valence-corrected chi connectivity index (χ4v) is 2.79. The van der Waals surface area contributed by atoms with E-state index >= 15 is 0 Å². The summed E-state index contributed by atoms with van der Waals surface area (Å²) in [5, 5.41) is 15.9. The van der Waals surface area contributed by atoms with E-state index < -0.39 is 0 Å². The van der Waals surface area contributed by atoms with E-state index in [2.05, 4.69) is 16.5 Å².